The summed E-state index contributed by atoms with van der Waals surface area (Å²) in [5.41, 5.74) is 0. The first kappa shape index (κ1) is 16.2. The van der Waals surface area contributed by atoms with Gasteiger partial charge in [-0.2, -0.15) is 0 Å². The molecule has 17 heavy (non-hydrogen) atoms. The highest BCUT2D eigenvalue weighted by Gasteiger charge is 2.16. The van der Waals surface area contributed by atoms with Gasteiger partial charge in [0, 0.05) is 26.0 Å². The van der Waals surface area contributed by atoms with E-state index in [0.717, 1.165) is 0 Å². The number of hydrogen-bond acceptors (Lipinski definition) is 4. The van der Waals surface area contributed by atoms with Gasteiger partial charge in [0.2, 0.25) is 5.91 Å². The molecule has 0 spiro atoms. The van der Waals surface area contributed by atoms with E-state index in [2.05, 4.69) is 0 Å². The minimum absolute atomic E-state index is 0.0294. The molecule has 0 unspecified atom stereocenters. The zero-order chi connectivity index (χ0) is 13.1. The molecule has 0 saturated heterocycles. The summed E-state index contributed by atoms with van der Waals surface area (Å²) in [6, 6.07) is 0. The van der Waals surface area contributed by atoms with Crippen molar-refractivity contribution in [3.8, 4) is 0 Å². The van der Waals surface area contributed by atoms with Crippen molar-refractivity contribution in [1.82, 2.24) is 4.90 Å². The smallest absolute Gasteiger partial charge is 0.325 e. The van der Waals surface area contributed by atoms with Crippen LogP contribution in [0.4, 0.5) is 0 Å². The van der Waals surface area contributed by atoms with Gasteiger partial charge in [0.15, 0.2) is 0 Å². The quantitative estimate of drug-likeness (QED) is 0.462. The van der Waals surface area contributed by atoms with Crippen LogP contribution in [0.3, 0.4) is 0 Å². The zero-order valence-corrected chi connectivity index (χ0v) is 11.2. The normalized spacial score (nSPS) is 10.1. The number of halogens is 1. The molecule has 5 nitrogen and oxygen atoms in total. The Bertz CT molecular complexity index is 236. The number of methoxy groups -OCH3 is 1. The van der Waals surface area contributed by atoms with Crippen molar-refractivity contribution >= 4 is 23.5 Å². The lowest BCUT2D eigenvalue weighted by molar-refractivity contribution is -0.149. The van der Waals surface area contributed by atoms with Gasteiger partial charge >= 0.3 is 5.97 Å². The Morgan fingerprint density at radius 2 is 2.06 bits per heavy atom. The summed E-state index contributed by atoms with van der Waals surface area (Å²) in [4.78, 5) is 24.5. The molecule has 0 rings (SSSR count). The molecule has 0 aromatic carbocycles. The molecule has 0 heterocycles. The summed E-state index contributed by atoms with van der Waals surface area (Å²) in [6.45, 7) is 2.79. The van der Waals surface area contributed by atoms with Crippen molar-refractivity contribution in [2.45, 2.75) is 19.8 Å². The van der Waals surface area contributed by atoms with Gasteiger partial charge in [0.25, 0.3) is 0 Å². The molecule has 0 radical (unpaired) electrons. The molecule has 100 valence electrons. The predicted octanol–water partition coefficient (Wildman–Crippen LogP) is 1.04. The largest absolute Gasteiger partial charge is 0.465 e. The molecule has 0 aromatic heterocycles. The second-order valence-electron chi connectivity index (χ2n) is 3.41. The van der Waals surface area contributed by atoms with E-state index >= 15 is 0 Å². The molecule has 0 aliphatic heterocycles. The van der Waals surface area contributed by atoms with E-state index < -0.39 is 5.97 Å². The molecular weight excluding hydrogens is 246 g/mol. The number of nitrogens with zero attached hydrogens (tertiary/aromatic N) is 1. The maximum atomic E-state index is 11.8. The summed E-state index contributed by atoms with van der Waals surface area (Å²) < 4.78 is 9.70. The van der Waals surface area contributed by atoms with Crippen molar-refractivity contribution in [3.05, 3.63) is 0 Å². The predicted molar refractivity (Wildman–Crippen MR) is 65.0 cm³/mol. The number of carbonyl (C=O) groups is 2. The van der Waals surface area contributed by atoms with Crippen LogP contribution in [0.25, 0.3) is 0 Å². The number of hydrogen-bond donors (Lipinski definition) is 0. The van der Waals surface area contributed by atoms with Crippen molar-refractivity contribution in [3.63, 3.8) is 0 Å². The maximum Gasteiger partial charge on any atom is 0.325 e. The zero-order valence-electron chi connectivity index (χ0n) is 10.4. The minimum atomic E-state index is -0.400. The summed E-state index contributed by atoms with van der Waals surface area (Å²) in [5, 5.41) is 0. The standard InChI is InChI=1S/C11H20ClNO4/c1-3-17-11(15)9-13(7-8-16-2)10(14)5-4-6-12/h3-9H2,1-2H3. The van der Waals surface area contributed by atoms with E-state index in [1.807, 2.05) is 0 Å². The van der Waals surface area contributed by atoms with Crippen LogP contribution in [0, 0.1) is 0 Å². The summed E-state index contributed by atoms with van der Waals surface area (Å²) >= 11 is 5.52. The third-order valence-electron chi connectivity index (χ3n) is 2.07. The number of rotatable bonds is 9. The van der Waals surface area contributed by atoms with Gasteiger partial charge in [0.05, 0.1) is 13.2 Å². The Morgan fingerprint density at radius 1 is 1.35 bits per heavy atom. The highest BCUT2D eigenvalue weighted by atomic mass is 35.5. The van der Waals surface area contributed by atoms with Gasteiger partial charge in [-0.15, -0.1) is 11.6 Å². The minimum Gasteiger partial charge on any atom is -0.465 e. The number of esters is 1. The molecular formula is C11H20ClNO4. The van der Waals surface area contributed by atoms with Crippen LogP contribution in [-0.2, 0) is 19.1 Å². The van der Waals surface area contributed by atoms with E-state index in [9.17, 15) is 9.59 Å². The van der Waals surface area contributed by atoms with Crippen molar-refractivity contribution < 1.29 is 19.1 Å². The van der Waals surface area contributed by atoms with E-state index in [4.69, 9.17) is 21.1 Å². The molecule has 6 heteroatoms. The Morgan fingerprint density at radius 3 is 2.59 bits per heavy atom. The van der Waals surface area contributed by atoms with Crippen molar-refractivity contribution in [2.75, 3.05) is 39.3 Å². The van der Waals surface area contributed by atoms with Crippen molar-refractivity contribution in [1.29, 1.82) is 0 Å². The van der Waals surface area contributed by atoms with Gasteiger partial charge in [-0.3, -0.25) is 9.59 Å². The molecule has 0 saturated carbocycles. The lowest BCUT2D eigenvalue weighted by atomic mass is 10.3. The SMILES string of the molecule is CCOC(=O)CN(CCOC)C(=O)CCCCl. The van der Waals surface area contributed by atoms with E-state index in [-0.39, 0.29) is 12.5 Å². The van der Waals surface area contributed by atoms with Crippen LogP contribution in [0.5, 0.6) is 0 Å². The molecule has 0 N–H and O–H groups in total. The topological polar surface area (TPSA) is 55.8 Å². The fourth-order valence-electron chi connectivity index (χ4n) is 1.23. The first-order chi connectivity index (χ1) is 8.15. The van der Waals surface area contributed by atoms with Gasteiger partial charge in [-0.05, 0) is 13.3 Å². The van der Waals surface area contributed by atoms with Crippen LogP contribution in [0.1, 0.15) is 19.8 Å². The van der Waals surface area contributed by atoms with Gasteiger partial charge in [-0.25, -0.2) is 0 Å². The molecule has 0 atom stereocenters. The summed E-state index contributed by atoms with van der Waals surface area (Å²) in [5.74, 6) is -0.0675. The second kappa shape index (κ2) is 10.4. The highest BCUT2D eigenvalue weighted by Crippen LogP contribution is 2.00. The van der Waals surface area contributed by atoms with E-state index in [0.29, 0.717) is 38.5 Å². The first-order valence-electron chi connectivity index (χ1n) is 5.64. The molecule has 0 aromatic rings. The Labute approximate surface area is 107 Å². The molecule has 0 aliphatic rings. The number of amides is 1. The van der Waals surface area contributed by atoms with Crippen LogP contribution >= 0.6 is 11.6 Å². The maximum absolute atomic E-state index is 11.8. The average Bonchev–Trinajstić information content (AvgIpc) is 2.31. The van der Waals surface area contributed by atoms with Crippen molar-refractivity contribution in [2.24, 2.45) is 0 Å². The third-order valence-corrected chi connectivity index (χ3v) is 2.33. The number of ether oxygens (including phenoxy) is 2. The van der Waals surface area contributed by atoms with Crippen LogP contribution < -0.4 is 0 Å². The fourth-order valence-corrected chi connectivity index (χ4v) is 1.37. The van der Waals surface area contributed by atoms with Crippen LogP contribution in [0.15, 0.2) is 0 Å². The van der Waals surface area contributed by atoms with Gasteiger partial charge < -0.3 is 14.4 Å². The lowest BCUT2D eigenvalue weighted by Gasteiger charge is -2.21. The Hall–Kier alpha value is -0.810. The van der Waals surface area contributed by atoms with Gasteiger partial charge in [0.1, 0.15) is 6.54 Å². The second-order valence-corrected chi connectivity index (χ2v) is 3.78. The van der Waals surface area contributed by atoms with E-state index in [1.54, 1.807) is 14.0 Å². The number of carbonyl (C=O) groups excluding carboxylic acids is 2. The highest BCUT2D eigenvalue weighted by molar-refractivity contribution is 6.17. The summed E-state index contributed by atoms with van der Waals surface area (Å²) in [7, 11) is 1.55. The van der Waals surface area contributed by atoms with Crippen LogP contribution in [-0.4, -0.2) is 56.1 Å². The molecule has 0 fully saturated rings. The third kappa shape index (κ3) is 7.99. The summed E-state index contributed by atoms with van der Waals surface area (Å²) in [6.07, 6.45) is 0.944. The molecule has 0 bridgehead atoms. The molecule has 1 amide bonds. The number of alkyl halides is 1. The average molecular weight is 266 g/mol. The fraction of sp³-hybridized carbons (Fsp3) is 0.818. The Kier molecular flexibility index (Phi) is 9.86. The molecule has 0 aliphatic carbocycles. The van der Waals surface area contributed by atoms with Gasteiger partial charge in [-0.1, -0.05) is 0 Å². The monoisotopic (exact) mass is 265 g/mol. The Balaban J connectivity index is 4.20. The lowest BCUT2D eigenvalue weighted by Crippen LogP contribution is -2.38. The van der Waals surface area contributed by atoms with Crippen LogP contribution in [0.2, 0.25) is 0 Å². The van der Waals surface area contributed by atoms with E-state index in [1.165, 1.54) is 4.90 Å². The first-order valence-corrected chi connectivity index (χ1v) is 6.17.